The average molecular weight is 821 g/mol. The lowest BCUT2D eigenvalue weighted by Gasteiger charge is -2.16. The van der Waals surface area contributed by atoms with Crippen LogP contribution in [0.1, 0.15) is 316 Å². The lowest BCUT2D eigenvalue weighted by Crippen LogP contribution is -2.27. The van der Waals surface area contributed by atoms with Crippen molar-refractivity contribution in [2.45, 2.75) is 322 Å². The Balaban J connectivity index is 3.31. The van der Waals surface area contributed by atoms with Gasteiger partial charge in [-0.1, -0.05) is 296 Å². The van der Waals surface area contributed by atoms with Crippen molar-refractivity contribution >= 4 is 5.97 Å². The van der Waals surface area contributed by atoms with Crippen molar-refractivity contribution in [2.24, 2.45) is 0 Å². The van der Waals surface area contributed by atoms with E-state index in [0.717, 1.165) is 19.3 Å². The van der Waals surface area contributed by atoms with Crippen molar-refractivity contribution in [1.82, 2.24) is 0 Å². The Morgan fingerprint density at radius 3 is 0.810 bits per heavy atom. The van der Waals surface area contributed by atoms with Crippen LogP contribution >= 0.6 is 0 Å². The highest BCUT2D eigenvalue weighted by atomic mass is 16.6. The second-order valence-corrected chi connectivity index (χ2v) is 18.7. The minimum atomic E-state index is -0.526. The van der Waals surface area contributed by atoms with Crippen LogP contribution in [0.4, 0.5) is 0 Å². The van der Waals surface area contributed by atoms with E-state index in [9.17, 15) is 9.90 Å². The number of hydrogen-bond donors (Lipinski definition) is 1. The maximum absolute atomic E-state index is 12.3. The van der Waals surface area contributed by atoms with Crippen LogP contribution in [0.25, 0.3) is 0 Å². The average Bonchev–Trinajstić information content (AvgIpc) is 3.23. The van der Waals surface area contributed by atoms with Crippen LogP contribution in [0.2, 0.25) is 0 Å². The van der Waals surface area contributed by atoms with Gasteiger partial charge in [-0.05, 0) is 12.8 Å². The van der Waals surface area contributed by atoms with Crippen LogP contribution in [0.5, 0.6) is 0 Å². The monoisotopic (exact) mass is 821 g/mol. The van der Waals surface area contributed by atoms with Gasteiger partial charge in [0.1, 0.15) is 6.10 Å². The van der Waals surface area contributed by atoms with Crippen molar-refractivity contribution < 1.29 is 19.4 Å². The van der Waals surface area contributed by atoms with Gasteiger partial charge in [0.05, 0.1) is 13.2 Å². The molecule has 1 atom stereocenters. The summed E-state index contributed by atoms with van der Waals surface area (Å²) in [6, 6.07) is 0. The van der Waals surface area contributed by atoms with E-state index in [1.54, 1.807) is 0 Å². The van der Waals surface area contributed by atoms with Crippen LogP contribution in [0.15, 0.2) is 0 Å². The quantitative estimate of drug-likeness (QED) is 0.0490. The van der Waals surface area contributed by atoms with E-state index in [-0.39, 0.29) is 12.6 Å². The number of hydrogen-bond acceptors (Lipinski definition) is 4. The fourth-order valence-electron chi connectivity index (χ4n) is 8.63. The van der Waals surface area contributed by atoms with Crippen molar-refractivity contribution in [2.75, 3.05) is 19.8 Å². The van der Waals surface area contributed by atoms with Gasteiger partial charge >= 0.3 is 5.97 Å². The standard InChI is InChI=1S/C54H108O4/c1-3-5-7-9-11-13-15-17-19-21-23-25-26-27-28-29-31-33-35-37-39-41-43-45-47-49-54(56)58-53(51-55)52-57-50-48-46-44-42-40-38-36-34-32-30-24-22-20-18-16-14-12-10-8-6-4-2/h53,55H,3-52H2,1-2H3. The first-order valence-electron chi connectivity index (χ1n) is 27.1. The Kier molecular flexibility index (Phi) is 52.0. The summed E-state index contributed by atoms with van der Waals surface area (Å²) in [5, 5.41) is 9.66. The third kappa shape index (κ3) is 49.8. The molecule has 0 saturated heterocycles. The van der Waals surface area contributed by atoms with Crippen LogP contribution in [-0.2, 0) is 14.3 Å². The van der Waals surface area contributed by atoms with Gasteiger partial charge in [0.15, 0.2) is 0 Å². The second kappa shape index (κ2) is 52.5. The minimum Gasteiger partial charge on any atom is -0.457 e. The summed E-state index contributed by atoms with van der Waals surface area (Å²) in [6.07, 6.45) is 63.6. The number of ether oxygens (including phenoxy) is 2. The number of rotatable bonds is 52. The minimum absolute atomic E-state index is 0.162. The third-order valence-corrected chi connectivity index (χ3v) is 12.7. The molecule has 0 aromatic heterocycles. The lowest BCUT2D eigenvalue weighted by atomic mass is 10.0. The molecule has 0 aromatic carbocycles. The van der Waals surface area contributed by atoms with Gasteiger partial charge in [0, 0.05) is 13.0 Å². The molecule has 0 saturated carbocycles. The zero-order chi connectivity index (χ0) is 41.9. The third-order valence-electron chi connectivity index (χ3n) is 12.7. The molecule has 0 spiro atoms. The molecule has 1 N–H and O–H groups in total. The zero-order valence-electron chi connectivity index (χ0n) is 40.1. The maximum atomic E-state index is 12.3. The largest absolute Gasteiger partial charge is 0.457 e. The van der Waals surface area contributed by atoms with Crippen LogP contribution in [0.3, 0.4) is 0 Å². The summed E-state index contributed by atoms with van der Waals surface area (Å²) in [6.45, 7) is 5.43. The fraction of sp³-hybridized carbons (Fsp3) is 0.981. The van der Waals surface area contributed by atoms with Gasteiger partial charge in [-0.3, -0.25) is 4.79 Å². The number of aliphatic hydroxyl groups is 1. The Bertz CT molecular complexity index is 741. The Labute approximate surface area is 365 Å². The van der Waals surface area contributed by atoms with Crippen LogP contribution in [0, 0.1) is 0 Å². The molecule has 4 heteroatoms. The summed E-state index contributed by atoms with van der Waals surface area (Å²) in [4.78, 5) is 12.3. The predicted molar refractivity (Wildman–Crippen MR) is 256 cm³/mol. The van der Waals surface area contributed by atoms with E-state index in [1.807, 2.05) is 0 Å². The molecule has 0 aliphatic rings. The number of aliphatic hydroxyl groups excluding tert-OH is 1. The van der Waals surface area contributed by atoms with Crippen LogP contribution < -0.4 is 0 Å². The first-order valence-corrected chi connectivity index (χ1v) is 27.1. The molecule has 0 amide bonds. The number of unbranched alkanes of at least 4 members (excludes halogenated alkanes) is 44. The highest BCUT2D eigenvalue weighted by molar-refractivity contribution is 5.69. The molecule has 0 aliphatic carbocycles. The topological polar surface area (TPSA) is 55.8 Å². The summed E-state index contributed by atoms with van der Waals surface area (Å²) >= 11 is 0. The smallest absolute Gasteiger partial charge is 0.306 e. The zero-order valence-corrected chi connectivity index (χ0v) is 40.1. The van der Waals surface area contributed by atoms with Gasteiger partial charge in [-0.15, -0.1) is 0 Å². The molecular formula is C54H108O4. The highest BCUT2D eigenvalue weighted by Gasteiger charge is 2.13. The van der Waals surface area contributed by atoms with Gasteiger partial charge in [-0.25, -0.2) is 0 Å². The van der Waals surface area contributed by atoms with Crippen molar-refractivity contribution in [3.05, 3.63) is 0 Å². The molecule has 0 aliphatic heterocycles. The van der Waals surface area contributed by atoms with Gasteiger partial charge < -0.3 is 14.6 Å². The molecule has 348 valence electrons. The van der Waals surface area contributed by atoms with Crippen LogP contribution in [-0.4, -0.2) is 37.0 Å². The molecule has 1 unspecified atom stereocenters. The Morgan fingerprint density at radius 2 is 0.569 bits per heavy atom. The molecule has 58 heavy (non-hydrogen) atoms. The number of carbonyl (C=O) groups excluding carboxylic acids is 1. The molecular weight excluding hydrogens is 713 g/mol. The van der Waals surface area contributed by atoms with E-state index in [2.05, 4.69) is 13.8 Å². The van der Waals surface area contributed by atoms with E-state index in [4.69, 9.17) is 9.47 Å². The van der Waals surface area contributed by atoms with E-state index < -0.39 is 6.10 Å². The molecule has 0 radical (unpaired) electrons. The van der Waals surface area contributed by atoms with Crippen molar-refractivity contribution in [3.63, 3.8) is 0 Å². The lowest BCUT2D eigenvalue weighted by molar-refractivity contribution is -0.154. The Morgan fingerprint density at radius 1 is 0.345 bits per heavy atom. The number of esters is 1. The predicted octanol–water partition coefficient (Wildman–Crippen LogP) is 18.3. The normalized spacial score (nSPS) is 12.1. The maximum Gasteiger partial charge on any atom is 0.306 e. The highest BCUT2D eigenvalue weighted by Crippen LogP contribution is 2.18. The van der Waals surface area contributed by atoms with Gasteiger partial charge in [0.2, 0.25) is 0 Å². The Hall–Kier alpha value is -0.610. The molecule has 0 aromatic rings. The molecule has 0 rings (SSSR count). The fourth-order valence-corrected chi connectivity index (χ4v) is 8.63. The molecule has 0 heterocycles. The SMILES string of the molecule is CCCCCCCCCCCCCCCCCCCCCCCCCCCC(=O)OC(CO)COCCCCCCCCCCCCCCCCCCCCCCC. The summed E-state index contributed by atoms with van der Waals surface area (Å²) < 4.78 is 11.2. The van der Waals surface area contributed by atoms with Crippen molar-refractivity contribution in [1.29, 1.82) is 0 Å². The summed E-state index contributed by atoms with van der Waals surface area (Å²) in [5.41, 5.74) is 0. The first kappa shape index (κ1) is 57.4. The van der Waals surface area contributed by atoms with E-state index in [0.29, 0.717) is 19.6 Å². The molecule has 4 nitrogen and oxygen atoms in total. The molecule has 0 fully saturated rings. The van der Waals surface area contributed by atoms with E-state index in [1.165, 1.54) is 276 Å². The summed E-state index contributed by atoms with van der Waals surface area (Å²) in [7, 11) is 0. The van der Waals surface area contributed by atoms with Crippen molar-refractivity contribution in [3.8, 4) is 0 Å². The summed E-state index contributed by atoms with van der Waals surface area (Å²) in [5.74, 6) is -0.189. The number of carbonyl (C=O) groups is 1. The van der Waals surface area contributed by atoms with Gasteiger partial charge in [-0.2, -0.15) is 0 Å². The second-order valence-electron chi connectivity index (χ2n) is 18.7. The molecule has 0 bridgehead atoms. The van der Waals surface area contributed by atoms with E-state index >= 15 is 0 Å². The van der Waals surface area contributed by atoms with Gasteiger partial charge in [0.25, 0.3) is 0 Å². The first-order chi connectivity index (χ1) is 28.7.